The zero-order valence-electron chi connectivity index (χ0n) is 13.9. The zero-order chi connectivity index (χ0) is 16.5. The number of rotatable bonds is 5. The summed E-state index contributed by atoms with van der Waals surface area (Å²) in [5, 5.41) is 12.9. The van der Waals surface area contributed by atoms with Crippen LogP contribution < -0.4 is 10.1 Å². The van der Waals surface area contributed by atoms with E-state index >= 15 is 0 Å². The molecule has 4 atom stereocenters. The van der Waals surface area contributed by atoms with Gasteiger partial charge in [0.1, 0.15) is 0 Å². The summed E-state index contributed by atoms with van der Waals surface area (Å²) in [5.41, 5.74) is 0. The molecular formula is C19H23N3O2. The molecule has 4 rings (SSSR count). The van der Waals surface area contributed by atoms with Crippen molar-refractivity contribution in [2.75, 3.05) is 6.61 Å². The van der Waals surface area contributed by atoms with E-state index in [1.165, 1.54) is 25.7 Å². The molecule has 0 aliphatic heterocycles. The van der Waals surface area contributed by atoms with E-state index < -0.39 is 0 Å². The van der Waals surface area contributed by atoms with E-state index in [9.17, 15) is 4.79 Å². The largest absolute Gasteiger partial charge is 0.466 e. The summed E-state index contributed by atoms with van der Waals surface area (Å²) in [6, 6.07) is 7.96. The number of amides is 1. The smallest absolute Gasteiger partial charge is 0.258 e. The summed E-state index contributed by atoms with van der Waals surface area (Å²) < 4.78 is 5.62. The number of carbonyl (C=O) groups excluding carboxylic acids is 1. The monoisotopic (exact) mass is 325 g/mol. The first-order valence-corrected chi connectivity index (χ1v) is 8.83. The minimum Gasteiger partial charge on any atom is -0.466 e. The fourth-order valence-electron chi connectivity index (χ4n) is 4.55. The zero-order valence-corrected chi connectivity index (χ0v) is 13.9. The molecule has 1 aromatic carbocycles. The van der Waals surface area contributed by atoms with Crippen LogP contribution in [0.25, 0.3) is 10.8 Å². The summed E-state index contributed by atoms with van der Waals surface area (Å²) in [6.45, 7) is 2.11. The van der Waals surface area contributed by atoms with Crippen molar-refractivity contribution in [3.63, 3.8) is 0 Å². The minimum absolute atomic E-state index is 0.0200. The molecule has 0 spiro atoms. The first-order valence-electron chi connectivity index (χ1n) is 8.83. The van der Waals surface area contributed by atoms with Crippen molar-refractivity contribution in [3.8, 4) is 5.88 Å². The van der Waals surface area contributed by atoms with Crippen LogP contribution >= 0.6 is 0 Å². The molecule has 24 heavy (non-hydrogen) atoms. The number of hydrogen-bond acceptors (Lipinski definition) is 4. The summed E-state index contributed by atoms with van der Waals surface area (Å²) in [4.78, 5) is 12.2. The van der Waals surface area contributed by atoms with Crippen molar-refractivity contribution in [2.24, 2.45) is 17.8 Å². The highest BCUT2D eigenvalue weighted by molar-refractivity contribution is 5.86. The van der Waals surface area contributed by atoms with Gasteiger partial charge in [0.2, 0.25) is 5.88 Å². The van der Waals surface area contributed by atoms with Gasteiger partial charge in [0.15, 0.2) is 6.61 Å². The SMILES string of the molecule is C[C@@H](NC(=O)COc1nncc2ccccc12)[C@@H]1C[C@@H]2CC[C@@H]1C2. The molecule has 0 saturated heterocycles. The number of benzene rings is 1. The van der Waals surface area contributed by atoms with Crippen molar-refractivity contribution in [1.29, 1.82) is 0 Å². The Morgan fingerprint density at radius 3 is 3.00 bits per heavy atom. The summed E-state index contributed by atoms with van der Waals surface area (Å²) in [7, 11) is 0. The molecule has 0 unspecified atom stereocenters. The van der Waals surface area contributed by atoms with E-state index in [0.29, 0.717) is 11.8 Å². The van der Waals surface area contributed by atoms with Crippen LogP contribution in [0.3, 0.4) is 0 Å². The second-order valence-corrected chi connectivity index (χ2v) is 7.22. The molecule has 1 heterocycles. The van der Waals surface area contributed by atoms with Gasteiger partial charge in [0, 0.05) is 16.8 Å². The Hall–Kier alpha value is -2.17. The van der Waals surface area contributed by atoms with Crippen LogP contribution in [-0.4, -0.2) is 28.8 Å². The van der Waals surface area contributed by atoms with E-state index in [2.05, 4.69) is 22.4 Å². The predicted octanol–water partition coefficient (Wildman–Crippen LogP) is 2.95. The average molecular weight is 325 g/mol. The van der Waals surface area contributed by atoms with Gasteiger partial charge in [-0.05, 0) is 50.0 Å². The molecule has 2 bridgehead atoms. The fourth-order valence-corrected chi connectivity index (χ4v) is 4.55. The normalized spacial score (nSPS) is 26.5. The second kappa shape index (κ2) is 6.38. The Morgan fingerprint density at radius 2 is 2.21 bits per heavy atom. The topological polar surface area (TPSA) is 64.1 Å². The maximum absolute atomic E-state index is 12.2. The van der Waals surface area contributed by atoms with Crippen LogP contribution in [0.2, 0.25) is 0 Å². The van der Waals surface area contributed by atoms with Crippen LogP contribution in [0.5, 0.6) is 5.88 Å². The summed E-state index contributed by atoms with van der Waals surface area (Å²) in [5.74, 6) is 2.65. The van der Waals surface area contributed by atoms with Crippen LogP contribution in [0.4, 0.5) is 0 Å². The van der Waals surface area contributed by atoms with Gasteiger partial charge in [0.05, 0.1) is 6.20 Å². The van der Waals surface area contributed by atoms with E-state index in [4.69, 9.17) is 4.74 Å². The molecule has 5 nitrogen and oxygen atoms in total. The van der Waals surface area contributed by atoms with Crippen molar-refractivity contribution in [2.45, 2.75) is 38.6 Å². The molecule has 2 aromatic rings. The van der Waals surface area contributed by atoms with Crippen molar-refractivity contribution < 1.29 is 9.53 Å². The quantitative estimate of drug-likeness (QED) is 0.918. The van der Waals surface area contributed by atoms with Crippen molar-refractivity contribution in [3.05, 3.63) is 30.5 Å². The van der Waals surface area contributed by atoms with Gasteiger partial charge in [-0.15, -0.1) is 5.10 Å². The number of hydrogen-bond donors (Lipinski definition) is 1. The Labute approximate surface area is 141 Å². The third kappa shape index (κ3) is 2.95. The predicted molar refractivity (Wildman–Crippen MR) is 91.6 cm³/mol. The molecule has 1 aromatic heterocycles. The summed E-state index contributed by atoms with van der Waals surface area (Å²) >= 11 is 0. The Kier molecular flexibility index (Phi) is 4.08. The lowest BCUT2D eigenvalue weighted by atomic mass is 9.84. The lowest BCUT2D eigenvalue weighted by molar-refractivity contribution is -0.124. The molecule has 1 N–H and O–H groups in total. The standard InChI is InChI=1S/C19H23N3O2/c1-12(17-9-13-6-7-14(17)8-13)21-18(23)11-24-19-16-5-3-2-4-15(16)10-20-22-19/h2-5,10,12-14,17H,6-9,11H2,1H3,(H,21,23)/t12-,13-,14-,17+/m1/s1. The number of carbonyl (C=O) groups is 1. The van der Waals surface area contributed by atoms with Crippen molar-refractivity contribution in [1.82, 2.24) is 15.5 Å². The maximum Gasteiger partial charge on any atom is 0.258 e. The third-order valence-corrected chi connectivity index (χ3v) is 5.70. The van der Waals surface area contributed by atoms with Crippen molar-refractivity contribution >= 4 is 16.7 Å². The van der Waals surface area contributed by atoms with Gasteiger partial charge in [-0.1, -0.05) is 24.6 Å². The number of fused-ring (bicyclic) bond motifs is 3. The van der Waals surface area contributed by atoms with Crippen LogP contribution in [-0.2, 0) is 4.79 Å². The van der Waals surface area contributed by atoms with E-state index in [1.54, 1.807) is 6.20 Å². The van der Waals surface area contributed by atoms with Crippen LogP contribution in [0, 0.1) is 17.8 Å². The second-order valence-electron chi connectivity index (χ2n) is 7.22. The van der Waals surface area contributed by atoms with Gasteiger partial charge in [0.25, 0.3) is 5.91 Å². The van der Waals surface area contributed by atoms with E-state index in [0.717, 1.165) is 22.6 Å². The lowest BCUT2D eigenvalue weighted by Crippen LogP contribution is -2.42. The van der Waals surface area contributed by atoms with Gasteiger partial charge in [-0.2, -0.15) is 5.10 Å². The molecule has 2 fully saturated rings. The fraction of sp³-hybridized carbons (Fsp3) is 0.526. The van der Waals surface area contributed by atoms with E-state index in [-0.39, 0.29) is 18.6 Å². The Bertz CT molecular complexity index is 743. The average Bonchev–Trinajstić information content (AvgIpc) is 3.23. The first kappa shape index (κ1) is 15.4. The molecule has 0 radical (unpaired) electrons. The molecule has 5 heteroatoms. The molecule has 2 aliphatic carbocycles. The van der Waals surface area contributed by atoms with Crippen LogP contribution in [0.1, 0.15) is 32.6 Å². The minimum atomic E-state index is -0.0833. The number of aromatic nitrogens is 2. The number of nitrogens with one attached hydrogen (secondary N) is 1. The highest BCUT2D eigenvalue weighted by Gasteiger charge is 2.42. The maximum atomic E-state index is 12.2. The number of ether oxygens (including phenoxy) is 1. The molecule has 2 saturated carbocycles. The van der Waals surface area contributed by atoms with Gasteiger partial charge in [-0.25, -0.2) is 0 Å². The van der Waals surface area contributed by atoms with Crippen LogP contribution in [0.15, 0.2) is 30.5 Å². The highest BCUT2D eigenvalue weighted by atomic mass is 16.5. The molecular weight excluding hydrogens is 302 g/mol. The number of nitrogens with zero attached hydrogens (tertiary/aromatic N) is 2. The highest BCUT2D eigenvalue weighted by Crippen LogP contribution is 2.49. The first-order chi connectivity index (χ1) is 11.7. The molecule has 1 amide bonds. The Morgan fingerprint density at radius 1 is 1.33 bits per heavy atom. The van der Waals surface area contributed by atoms with Gasteiger partial charge in [-0.3, -0.25) is 4.79 Å². The molecule has 126 valence electrons. The summed E-state index contributed by atoms with van der Waals surface area (Å²) in [6.07, 6.45) is 7.02. The van der Waals surface area contributed by atoms with Gasteiger partial charge < -0.3 is 10.1 Å². The Balaban J connectivity index is 1.34. The third-order valence-electron chi connectivity index (χ3n) is 5.70. The molecule has 2 aliphatic rings. The van der Waals surface area contributed by atoms with E-state index in [1.807, 2.05) is 24.3 Å². The van der Waals surface area contributed by atoms with Gasteiger partial charge >= 0.3 is 0 Å². The lowest BCUT2D eigenvalue weighted by Gasteiger charge is -2.28.